The van der Waals surface area contributed by atoms with Crippen molar-refractivity contribution in [2.24, 2.45) is 35.4 Å². The SMILES string of the molecule is Cn1/c(=N\[P+](Cl)(/N=c2/sc3ccccc3n2C)/N=c2/sc3ccccc3n2C)sc2ccccc21.[Cl-]. The molecule has 0 N–H and O–H groups in total. The lowest BCUT2D eigenvalue weighted by molar-refractivity contribution is -0.00000694. The Bertz CT molecular complexity index is 1720. The lowest BCUT2D eigenvalue weighted by Gasteiger charge is -2.00. The molecule has 3 heterocycles. The maximum atomic E-state index is 7.33. The number of aryl methyl sites for hydroxylation is 3. The first-order valence-corrected chi connectivity index (χ1v) is 15.8. The third-order valence-electron chi connectivity index (χ3n) is 5.78. The normalized spacial score (nSPS) is 13.8. The quantitative estimate of drug-likeness (QED) is 0.284. The van der Waals surface area contributed by atoms with Crippen LogP contribution in [0.15, 0.2) is 87.1 Å². The lowest BCUT2D eigenvalue weighted by atomic mass is 10.3. The van der Waals surface area contributed by atoms with Crippen LogP contribution in [0.3, 0.4) is 0 Å². The summed E-state index contributed by atoms with van der Waals surface area (Å²) in [5, 5.41) is 0. The van der Waals surface area contributed by atoms with E-state index in [1.165, 1.54) is 0 Å². The van der Waals surface area contributed by atoms with Crippen molar-refractivity contribution >= 4 is 83.0 Å². The van der Waals surface area contributed by atoms with Gasteiger partial charge in [0.2, 0.25) is 14.4 Å². The molecule has 0 aliphatic carbocycles. The summed E-state index contributed by atoms with van der Waals surface area (Å²) in [5.74, 6) is 0. The fraction of sp³-hybridized carbons (Fsp3) is 0.125. The van der Waals surface area contributed by atoms with Gasteiger partial charge in [0.25, 0.3) is 0 Å². The molecule has 36 heavy (non-hydrogen) atoms. The number of para-hydroxylation sites is 3. The molecule has 0 aliphatic heterocycles. The molecule has 0 aliphatic rings. The van der Waals surface area contributed by atoms with Crippen molar-refractivity contribution < 1.29 is 12.4 Å². The Balaban J connectivity index is 0.00000267. The highest BCUT2D eigenvalue weighted by atomic mass is 35.7. The van der Waals surface area contributed by atoms with Gasteiger partial charge in [-0.1, -0.05) is 70.4 Å². The first-order valence-electron chi connectivity index (χ1n) is 10.8. The molecular formula is C24H21Cl2N6PS3. The highest BCUT2D eigenvalue weighted by Crippen LogP contribution is 2.67. The zero-order valence-electron chi connectivity index (χ0n) is 19.5. The van der Waals surface area contributed by atoms with Crippen LogP contribution in [0, 0.1) is 0 Å². The third kappa shape index (κ3) is 4.49. The van der Waals surface area contributed by atoms with E-state index in [-0.39, 0.29) is 12.4 Å². The monoisotopic (exact) mass is 590 g/mol. The van der Waals surface area contributed by atoms with E-state index in [9.17, 15) is 0 Å². The molecule has 3 aromatic carbocycles. The van der Waals surface area contributed by atoms with E-state index < -0.39 is 7.07 Å². The fourth-order valence-corrected chi connectivity index (χ4v) is 10.3. The minimum atomic E-state index is -3.07. The number of hydrogen-bond acceptors (Lipinski definition) is 6. The second kappa shape index (κ2) is 9.89. The van der Waals surface area contributed by atoms with Crippen molar-refractivity contribution in [3.05, 3.63) is 87.2 Å². The number of nitrogens with zero attached hydrogens (tertiary/aromatic N) is 6. The predicted molar refractivity (Wildman–Crippen MR) is 152 cm³/mol. The smallest absolute Gasteiger partial charge is 0.476 e. The topological polar surface area (TPSA) is 51.9 Å². The second-order valence-corrected chi connectivity index (χ2v) is 14.0. The minimum absolute atomic E-state index is 0. The van der Waals surface area contributed by atoms with E-state index in [0.29, 0.717) is 0 Å². The molecule has 6 aromatic rings. The third-order valence-corrected chi connectivity index (χ3v) is 11.5. The summed E-state index contributed by atoms with van der Waals surface area (Å²) in [7, 11) is 2.97. The Morgan fingerprint density at radius 3 is 1.11 bits per heavy atom. The molecule has 184 valence electrons. The van der Waals surface area contributed by atoms with Crippen LogP contribution in [0.5, 0.6) is 0 Å². The van der Waals surface area contributed by atoms with Gasteiger partial charge in [-0.25, -0.2) is 0 Å². The number of aromatic nitrogens is 3. The highest BCUT2D eigenvalue weighted by molar-refractivity contribution is 7.95. The van der Waals surface area contributed by atoms with Gasteiger partial charge in [0.1, 0.15) is 0 Å². The van der Waals surface area contributed by atoms with Crippen LogP contribution in [0.25, 0.3) is 30.6 Å². The van der Waals surface area contributed by atoms with Gasteiger partial charge < -0.3 is 26.1 Å². The van der Waals surface area contributed by atoms with E-state index in [2.05, 4.69) is 50.1 Å². The summed E-state index contributed by atoms with van der Waals surface area (Å²) in [6.07, 6.45) is 0. The van der Waals surface area contributed by atoms with Gasteiger partial charge in [-0.2, -0.15) is 0 Å². The van der Waals surface area contributed by atoms with Gasteiger partial charge in [-0.15, -0.1) is 0 Å². The zero-order chi connectivity index (χ0) is 24.2. The molecule has 0 fully saturated rings. The van der Waals surface area contributed by atoms with Gasteiger partial charge in [-0.3, -0.25) is 0 Å². The zero-order valence-corrected chi connectivity index (χ0v) is 24.4. The Hall–Kier alpha value is -2.26. The molecule has 6 rings (SSSR count). The van der Waals surface area contributed by atoms with Crippen molar-refractivity contribution in [2.75, 3.05) is 0 Å². The van der Waals surface area contributed by atoms with Crippen molar-refractivity contribution in [3.8, 4) is 0 Å². The average Bonchev–Trinajstić information content (AvgIpc) is 3.46. The number of benzene rings is 3. The van der Waals surface area contributed by atoms with Gasteiger partial charge in [-0.05, 0) is 50.7 Å². The summed E-state index contributed by atoms with van der Waals surface area (Å²) in [5.41, 5.74) is 3.33. The van der Waals surface area contributed by atoms with Crippen molar-refractivity contribution in [1.29, 1.82) is 0 Å². The predicted octanol–water partition coefficient (Wildman–Crippen LogP) is 3.37. The lowest BCUT2D eigenvalue weighted by Crippen LogP contribution is -3.00. The van der Waals surface area contributed by atoms with Gasteiger partial charge >= 0.3 is 7.07 Å². The molecule has 0 radical (unpaired) electrons. The summed E-state index contributed by atoms with van der Waals surface area (Å²) >= 11 is 12.1. The van der Waals surface area contributed by atoms with Gasteiger partial charge in [0.05, 0.1) is 30.6 Å². The van der Waals surface area contributed by atoms with Crippen molar-refractivity contribution in [3.63, 3.8) is 0 Å². The van der Waals surface area contributed by atoms with Crippen LogP contribution in [0.4, 0.5) is 0 Å². The molecule has 0 saturated heterocycles. The molecule has 0 spiro atoms. The van der Waals surface area contributed by atoms with Crippen LogP contribution >= 0.6 is 52.3 Å². The summed E-state index contributed by atoms with van der Waals surface area (Å²) in [4.78, 5) is 2.40. The Labute approximate surface area is 230 Å². The van der Waals surface area contributed by atoms with E-state index in [4.69, 9.17) is 25.5 Å². The molecular weight excluding hydrogens is 570 g/mol. The maximum absolute atomic E-state index is 7.33. The van der Waals surface area contributed by atoms with Crippen molar-refractivity contribution in [2.45, 2.75) is 0 Å². The Morgan fingerprint density at radius 1 is 0.556 bits per heavy atom. The van der Waals surface area contributed by atoms with Crippen molar-refractivity contribution in [1.82, 2.24) is 13.7 Å². The summed E-state index contributed by atoms with van der Waals surface area (Å²) in [6, 6.07) is 24.8. The summed E-state index contributed by atoms with van der Waals surface area (Å²) < 4.78 is 24.8. The second-order valence-electron chi connectivity index (χ2n) is 8.03. The molecule has 6 nitrogen and oxygen atoms in total. The van der Waals surface area contributed by atoms with Crippen LogP contribution in [-0.4, -0.2) is 13.7 Å². The minimum Gasteiger partial charge on any atom is -1.00 e. The molecule has 12 heteroatoms. The molecule has 0 atom stereocenters. The Kier molecular flexibility index (Phi) is 6.98. The largest absolute Gasteiger partial charge is 1.00 e. The molecule has 0 amide bonds. The van der Waals surface area contributed by atoms with E-state index in [1.54, 1.807) is 34.0 Å². The number of hydrogen-bond donors (Lipinski definition) is 0. The van der Waals surface area contributed by atoms with Crippen LogP contribution in [0.2, 0.25) is 0 Å². The average molecular weight is 592 g/mol. The van der Waals surface area contributed by atoms with E-state index >= 15 is 0 Å². The summed E-state index contributed by atoms with van der Waals surface area (Å²) in [6.45, 7) is 0. The fourth-order valence-electron chi connectivity index (χ4n) is 3.93. The van der Waals surface area contributed by atoms with E-state index in [0.717, 1.165) is 45.1 Å². The Morgan fingerprint density at radius 2 is 0.833 bits per heavy atom. The molecule has 0 unspecified atom stereocenters. The van der Waals surface area contributed by atoms with Gasteiger partial charge in [0.15, 0.2) is 11.2 Å². The highest BCUT2D eigenvalue weighted by Gasteiger charge is 2.39. The molecule has 0 bridgehead atoms. The van der Waals surface area contributed by atoms with Crippen LogP contribution < -0.4 is 26.8 Å². The van der Waals surface area contributed by atoms with Crippen LogP contribution in [0.1, 0.15) is 0 Å². The number of fused-ring (bicyclic) bond motifs is 3. The standard InChI is InChI=1S/C24H21ClN6PS3.ClH/c1-29-16-10-4-7-13-19(16)33-22(29)26-32(25,27-23-30(2)17-11-5-8-14-20(17)34-23)28-24-31(3)18-12-6-9-15-21(18)35-24;/h4-15H,1-3H3;1H/q+1;/p-1/b26-22+,27-23+,28-24+;. The maximum Gasteiger partial charge on any atom is 0.476 e. The van der Waals surface area contributed by atoms with Gasteiger partial charge in [0, 0.05) is 21.1 Å². The number of thiazole rings is 3. The number of rotatable bonds is 3. The molecule has 3 aromatic heterocycles. The molecule has 0 saturated carbocycles. The first-order chi connectivity index (χ1) is 16.9. The van der Waals surface area contributed by atoms with Crippen LogP contribution in [-0.2, 0) is 21.1 Å². The van der Waals surface area contributed by atoms with E-state index in [1.807, 2.05) is 57.5 Å². The number of halogens is 2. The first kappa shape index (κ1) is 25.4.